The number of hydrogen-bond acceptors (Lipinski definition) is 3. The Bertz CT molecular complexity index is 964. The van der Waals surface area contributed by atoms with Crippen LogP contribution in [0.5, 0.6) is 0 Å². The van der Waals surface area contributed by atoms with Gasteiger partial charge in [-0.25, -0.2) is 9.37 Å². The first-order valence-electron chi connectivity index (χ1n) is 7.48. The zero-order chi connectivity index (χ0) is 17.1. The van der Waals surface area contributed by atoms with Crippen LogP contribution in [0.1, 0.15) is 21.7 Å². The number of halogens is 1. The van der Waals surface area contributed by atoms with E-state index < -0.39 is 0 Å². The smallest absolute Gasteiger partial charge is 0.134 e. The number of nitrogens with zero attached hydrogens (tertiary/aromatic N) is 2. The van der Waals surface area contributed by atoms with Crippen LogP contribution in [0.15, 0.2) is 47.8 Å². The van der Waals surface area contributed by atoms with E-state index in [0.29, 0.717) is 16.1 Å². The molecule has 0 saturated carbocycles. The summed E-state index contributed by atoms with van der Waals surface area (Å²) in [5, 5.41) is 12.0. The summed E-state index contributed by atoms with van der Waals surface area (Å²) in [7, 11) is 0. The van der Waals surface area contributed by atoms with Gasteiger partial charge in [0.2, 0.25) is 0 Å². The molecule has 118 valence electrons. The first kappa shape index (κ1) is 16.1. The maximum absolute atomic E-state index is 13.8. The fraction of sp³-hybridized carbons (Fsp3) is 0.100. The van der Waals surface area contributed by atoms with Gasteiger partial charge < -0.3 is 0 Å². The van der Waals surface area contributed by atoms with E-state index >= 15 is 0 Å². The standard InChI is InChI=1S/C20H15FN2S/c1-13-7-8-17(14(2)9-13)19-12-24-20(23-19)16(11-22)10-15-5-3-4-6-18(15)21/h3-10,12H,1-2H3/b16-10+. The van der Waals surface area contributed by atoms with E-state index in [1.807, 2.05) is 31.4 Å². The van der Waals surface area contributed by atoms with E-state index in [9.17, 15) is 9.65 Å². The Balaban J connectivity index is 2.00. The number of thiazole rings is 1. The number of benzene rings is 2. The van der Waals surface area contributed by atoms with E-state index in [1.54, 1.807) is 24.3 Å². The van der Waals surface area contributed by atoms with Gasteiger partial charge >= 0.3 is 0 Å². The average Bonchev–Trinajstić information content (AvgIpc) is 3.03. The Kier molecular flexibility index (Phi) is 4.54. The number of aryl methyl sites for hydroxylation is 2. The van der Waals surface area contributed by atoms with Gasteiger partial charge in [-0.2, -0.15) is 5.26 Å². The van der Waals surface area contributed by atoms with Gasteiger partial charge in [-0.1, -0.05) is 42.0 Å². The first-order valence-corrected chi connectivity index (χ1v) is 8.36. The monoisotopic (exact) mass is 334 g/mol. The maximum Gasteiger partial charge on any atom is 0.134 e. The van der Waals surface area contributed by atoms with Crippen molar-refractivity contribution in [2.45, 2.75) is 13.8 Å². The van der Waals surface area contributed by atoms with Gasteiger partial charge in [0.15, 0.2) is 0 Å². The molecule has 2 nitrogen and oxygen atoms in total. The molecule has 1 aromatic heterocycles. The second kappa shape index (κ2) is 6.77. The van der Waals surface area contributed by atoms with Crippen LogP contribution < -0.4 is 0 Å². The largest absolute Gasteiger partial charge is 0.235 e. The summed E-state index contributed by atoms with van der Waals surface area (Å²) in [5.41, 5.74) is 4.97. The molecule has 0 bridgehead atoms. The normalized spacial score (nSPS) is 11.3. The fourth-order valence-corrected chi connectivity index (χ4v) is 3.30. The molecule has 0 spiro atoms. The Labute approximate surface area is 144 Å². The molecule has 0 aliphatic heterocycles. The van der Waals surface area contributed by atoms with E-state index in [1.165, 1.54) is 23.0 Å². The van der Waals surface area contributed by atoms with Crippen LogP contribution in [0, 0.1) is 31.0 Å². The zero-order valence-electron chi connectivity index (χ0n) is 13.4. The number of nitriles is 1. The lowest BCUT2D eigenvalue weighted by molar-refractivity contribution is 0.625. The Hall–Kier alpha value is -2.77. The van der Waals surface area contributed by atoms with Crippen LogP contribution in [0.25, 0.3) is 22.9 Å². The lowest BCUT2D eigenvalue weighted by atomic mass is 10.0. The van der Waals surface area contributed by atoms with Crippen LogP contribution in [-0.4, -0.2) is 4.98 Å². The van der Waals surface area contributed by atoms with E-state index in [-0.39, 0.29) is 5.82 Å². The van der Waals surface area contributed by atoms with Crippen molar-refractivity contribution < 1.29 is 4.39 Å². The van der Waals surface area contributed by atoms with Crippen molar-refractivity contribution in [3.05, 3.63) is 75.4 Å². The molecule has 0 unspecified atom stereocenters. The highest BCUT2D eigenvalue weighted by Crippen LogP contribution is 2.29. The second-order valence-corrected chi connectivity index (χ2v) is 6.41. The highest BCUT2D eigenvalue weighted by atomic mass is 32.1. The highest BCUT2D eigenvalue weighted by Gasteiger charge is 2.11. The molecule has 3 aromatic rings. The van der Waals surface area contributed by atoms with Gasteiger partial charge in [-0.3, -0.25) is 0 Å². The number of allylic oxidation sites excluding steroid dienone is 1. The average molecular weight is 334 g/mol. The van der Waals surface area contributed by atoms with E-state index in [0.717, 1.165) is 16.8 Å². The molecule has 3 rings (SSSR count). The Morgan fingerprint density at radius 1 is 1.21 bits per heavy atom. The molecule has 0 N–H and O–H groups in total. The molecular formula is C20H15FN2S. The third kappa shape index (κ3) is 3.27. The molecule has 2 aromatic carbocycles. The fourth-order valence-electron chi connectivity index (χ4n) is 2.51. The van der Waals surface area contributed by atoms with Crippen LogP contribution >= 0.6 is 11.3 Å². The lowest BCUT2D eigenvalue weighted by Crippen LogP contribution is -1.87. The number of hydrogen-bond donors (Lipinski definition) is 0. The minimum atomic E-state index is -0.351. The molecular weight excluding hydrogens is 319 g/mol. The van der Waals surface area contributed by atoms with Crippen molar-refractivity contribution in [3.8, 4) is 17.3 Å². The second-order valence-electron chi connectivity index (χ2n) is 5.55. The molecule has 0 saturated heterocycles. The van der Waals surface area contributed by atoms with Crippen molar-refractivity contribution in [2.75, 3.05) is 0 Å². The Morgan fingerprint density at radius 2 is 2.00 bits per heavy atom. The summed E-state index contributed by atoms with van der Waals surface area (Å²) in [5.74, 6) is -0.351. The SMILES string of the molecule is Cc1ccc(-c2csc(/C(C#N)=C/c3ccccc3F)n2)c(C)c1. The lowest BCUT2D eigenvalue weighted by Gasteiger charge is -2.03. The molecule has 0 fully saturated rings. The van der Waals surface area contributed by atoms with Gasteiger partial charge in [-0.05, 0) is 31.6 Å². The topological polar surface area (TPSA) is 36.7 Å². The first-order chi connectivity index (χ1) is 11.6. The summed E-state index contributed by atoms with van der Waals surface area (Å²) < 4.78 is 13.8. The third-order valence-corrected chi connectivity index (χ3v) is 4.59. The minimum absolute atomic E-state index is 0.351. The molecule has 24 heavy (non-hydrogen) atoms. The predicted octanol–water partition coefficient (Wildman–Crippen LogP) is 5.63. The van der Waals surface area contributed by atoms with E-state index in [2.05, 4.69) is 17.1 Å². The van der Waals surface area contributed by atoms with Crippen molar-refractivity contribution in [2.24, 2.45) is 0 Å². The summed E-state index contributed by atoms with van der Waals surface area (Å²) in [6.07, 6.45) is 1.54. The van der Waals surface area contributed by atoms with Crippen LogP contribution in [-0.2, 0) is 0 Å². The van der Waals surface area contributed by atoms with Gasteiger partial charge in [0.25, 0.3) is 0 Å². The molecule has 1 heterocycles. The summed E-state index contributed by atoms with van der Waals surface area (Å²) in [4.78, 5) is 4.57. The summed E-state index contributed by atoms with van der Waals surface area (Å²) in [6.45, 7) is 4.09. The number of aromatic nitrogens is 1. The molecule has 0 aliphatic carbocycles. The van der Waals surface area contributed by atoms with Gasteiger partial charge in [0, 0.05) is 16.5 Å². The molecule has 0 amide bonds. The molecule has 4 heteroatoms. The maximum atomic E-state index is 13.8. The third-order valence-electron chi connectivity index (χ3n) is 3.72. The van der Waals surface area contributed by atoms with Crippen molar-refractivity contribution in [1.29, 1.82) is 5.26 Å². The van der Waals surface area contributed by atoms with Gasteiger partial charge in [0.05, 0.1) is 11.3 Å². The predicted molar refractivity (Wildman–Crippen MR) is 96.9 cm³/mol. The Morgan fingerprint density at radius 3 is 2.71 bits per heavy atom. The number of rotatable bonds is 3. The summed E-state index contributed by atoms with van der Waals surface area (Å²) >= 11 is 1.39. The van der Waals surface area contributed by atoms with Gasteiger partial charge in [0.1, 0.15) is 16.9 Å². The highest BCUT2D eigenvalue weighted by molar-refractivity contribution is 7.11. The zero-order valence-corrected chi connectivity index (χ0v) is 14.2. The van der Waals surface area contributed by atoms with Crippen molar-refractivity contribution in [3.63, 3.8) is 0 Å². The quantitative estimate of drug-likeness (QED) is 0.582. The van der Waals surface area contributed by atoms with Gasteiger partial charge in [-0.15, -0.1) is 11.3 Å². The minimum Gasteiger partial charge on any atom is -0.235 e. The van der Waals surface area contributed by atoms with E-state index in [4.69, 9.17) is 0 Å². The van der Waals surface area contributed by atoms with Crippen LogP contribution in [0.4, 0.5) is 4.39 Å². The van der Waals surface area contributed by atoms with Crippen molar-refractivity contribution in [1.82, 2.24) is 4.98 Å². The van der Waals surface area contributed by atoms with Crippen LogP contribution in [0.2, 0.25) is 0 Å². The molecule has 0 aliphatic rings. The van der Waals surface area contributed by atoms with Crippen molar-refractivity contribution >= 4 is 23.0 Å². The molecule has 0 radical (unpaired) electrons. The molecule has 0 atom stereocenters. The summed E-state index contributed by atoms with van der Waals surface area (Å²) in [6, 6.07) is 14.7. The van der Waals surface area contributed by atoms with Crippen LogP contribution in [0.3, 0.4) is 0 Å².